The topological polar surface area (TPSA) is 74.5 Å². The molecule has 3 aromatic rings. The summed E-state index contributed by atoms with van der Waals surface area (Å²) in [5, 5.41) is 8.27. The predicted molar refractivity (Wildman–Crippen MR) is 93.8 cm³/mol. The largest absolute Gasteiger partial charge is 0.497 e. The first kappa shape index (κ1) is 17.0. The lowest BCUT2D eigenvalue weighted by Gasteiger charge is -2.05. The number of methoxy groups -OCH3 is 1. The minimum atomic E-state index is -0.409. The number of rotatable bonds is 6. The Morgan fingerprint density at radius 2 is 1.92 bits per heavy atom. The Balaban J connectivity index is 1.57. The molecule has 7 heteroatoms. The molecule has 25 heavy (non-hydrogen) atoms. The van der Waals surface area contributed by atoms with E-state index in [-0.39, 0.29) is 5.75 Å². The lowest BCUT2D eigenvalue weighted by molar-refractivity contribution is -0.131. The van der Waals surface area contributed by atoms with Crippen LogP contribution in [0.4, 0.5) is 0 Å². The molecule has 0 spiro atoms. The fourth-order valence-electron chi connectivity index (χ4n) is 2.11. The van der Waals surface area contributed by atoms with E-state index in [2.05, 4.69) is 10.2 Å². The molecule has 0 atom stereocenters. The van der Waals surface area contributed by atoms with Crippen LogP contribution in [0.2, 0.25) is 0 Å². The van der Waals surface area contributed by atoms with Crippen LogP contribution in [0.3, 0.4) is 0 Å². The molecular weight excluding hydrogens is 340 g/mol. The third-order valence-corrected chi connectivity index (χ3v) is 4.05. The summed E-state index contributed by atoms with van der Waals surface area (Å²) in [5.74, 6) is 1.13. The summed E-state index contributed by atoms with van der Waals surface area (Å²) < 4.78 is 15.9. The average molecular weight is 356 g/mol. The Morgan fingerprint density at radius 1 is 1.12 bits per heavy atom. The summed E-state index contributed by atoms with van der Waals surface area (Å²) in [7, 11) is 1.55. The molecule has 0 aliphatic carbocycles. The number of carbonyl (C=O) groups excluding carboxylic acids is 1. The molecule has 6 nitrogen and oxygen atoms in total. The van der Waals surface area contributed by atoms with Gasteiger partial charge in [0, 0.05) is 11.6 Å². The maximum atomic E-state index is 11.9. The van der Waals surface area contributed by atoms with Crippen molar-refractivity contribution in [3.05, 3.63) is 54.1 Å². The van der Waals surface area contributed by atoms with Crippen molar-refractivity contribution >= 4 is 17.7 Å². The fourth-order valence-corrected chi connectivity index (χ4v) is 2.65. The lowest BCUT2D eigenvalue weighted by Crippen LogP contribution is -2.10. The van der Waals surface area contributed by atoms with Gasteiger partial charge < -0.3 is 13.9 Å². The molecule has 128 valence electrons. The molecule has 3 rings (SSSR count). The van der Waals surface area contributed by atoms with Gasteiger partial charge in [0.2, 0.25) is 5.89 Å². The van der Waals surface area contributed by atoms with Crippen molar-refractivity contribution in [1.29, 1.82) is 0 Å². The van der Waals surface area contributed by atoms with Gasteiger partial charge in [0.15, 0.2) is 0 Å². The molecule has 0 radical (unpaired) electrons. The van der Waals surface area contributed by atoms with Gasteiger partial charge >= 0.3 is 5.97 Å². The molecule has 0 fully saturated rings. The maximum Gasteiger partial charge on any atom is 0.321 e. The van der Waals surface area contributed by atoms with Crippen molar-refractivity contribution in [2.75, 3.05) is 12.9 Å². The van der Waals surface area contributed by atoms with Crippen LogP contribution in [0.15, 0.2) is 58.2 Å². The van der Waals surface area contributed by atoms with Crippen LogP contribution in [0.25, 0.3) is 11.5 Å². The SMILES string of the molecule is COc1cccc(OC(=O)CSc2nnc(-c3cccc(C)c3)o2)c1. The average Bonchev–Trinajstić information content (AvgIpc) is 3.09. The number of hydrogen-bond donors (Lipinski definition) is 0. The zero-order chi connectivity index (χ0) is 17.6. The van der Waals surface area contributed by atoms with E-state index in [1.165, 1.54) is 0 Å². The smallest absolute Gasteiger partial charge is 0.321 e. The number of ether oxygens (including phenoxy) is 2. The molecule has 0 bridgehead atoms. The normalized spacial score (nSPS) is 10.5. The van der Waals surface area contributed by atoms with Crippen LogP contribution in [-0.2, 0) is 4.79 Å². The van der Waals surface area contributed by atoms with Crippen LogP contribution >= 0.6 is 11.8 Å². The van der Waals surface area contributed by atoms with E-state index in [9.17, 15) is 4.79 Å². The number of aromatic nitrogens is 2. The van der Waals surface area contributed by atoms with Crippen LogP contribution in [0.1, 0.15) is 5.56 Å². The molecule has 2 aromatic carbocycles. The van der Waals surface area contributed by atoms with Crippen molar-refractivity contribution in [2.24, 2.45) is 0 Å². The van der Waals surface area contributed by atoms with E-state index < -0.39 is 5.97 Å². The number of esters is 1. The second kappa shape index (κ2) is 7.85. The zero-order valence-electron chi connectivity index (χ0n) is 13.8. The number of thioether (sulfide) groups is 1. The Hall–Kier alpha value is -2.80. The second-order valence-corrected chi connectivity index (χ2v) is 6.11. The van der Waals surface area contributed by atoms with Crippen LogP contribution in [0, 0.1) is 6.92 Å². The van der Waals surface area contributed by atoms with E-state index in [1.807, 2.05) is 31.2 Å². The van der Waals surface area contributed by atoms with Crippen molar-refractivity contribution in [1.82, 2.24) is 10.2 Å². The van der Waals surface area contributed by atoms with Gasteiger partial charge in [0.25, 0.3) is 5.22 Å². The van der Waals surface area contributed by atoms with Crippen molar-refractivity contribution in [3.63, 3.8) is 0 Å². The third-order valence-electron chi connectivity index (χ3n) is 3.26. The maximum absolute atomic E-state index is 11.9. The van der Waals surface area contributed by atoms with E-state index in [1.54, 1.807) is 31.4 Å². The van der Waals surface area contributed by atoms with Gasteiger partial charge in [-0.05, 0) is 31.2 Å². The highest BCUT2D eigenvalue weighted by Gasteiger charge is 2.13. The Bertz CT molecular complexity index is 879. The predicted octanol–water partition coefficient (Wildman–Crippen LogP) is 3.75. The molecule has 1 aromatic heterocycles. The minimum absolute atomic E-state index is 0.0622. The Morgan fingerprint density at radius 3 is 2.72 bits per heavy atom. The summed E-state index contributed by atoms with van der Waals surface area (Å²) in [5.41, 5.74) is 1.95. The summed E-state index contributed by atoms with van der Waals surface area (Å²) in [6.07, 6.45) is 0. The second-order valence-electron chi connectivity index (χ2n) is 5.18. The first-order valence-electron chi connectivity index (χ1n) is 7.52. The van der Waals surface area contributed by atoms with Crippen LogP contribution in [0.5, 0.6) is 11.5 Å². The van der Waals surface area contributed by atoms with Crippen molar-refractivity contribution < 1.29 is 18.7 Å². The number of nitrogens with zero attached hydrogens (tertiary/aromatic N) is 2. The first-order valence-corrected chi connectivity index (χ1v) is 8.50. The molecule has 0 aliphatic heterocycles. The number of aryl methyl sites for hydroxylation is 1. The van der Waals surface area contributed by atoms with Crippen molar-refractivity contribution in [3.8, 4) is 23.0 Å². The quantitative estimate of drug-likeness (QED) is 0.378. The molecule has 0 amide bonds. The molecule has 0 N–H and O–H groups in total. The van der Waals surface area contributed by atoms with E-state index in [0.29, 0.717) is 22.6 Å². The molecule has 0 saturated heterocycles. The molecule has 1 heterocycles. The third kappa shape index (κ3) is 4.60. The van der Waals surface area contributed by atoms with Gasteiger partial charge in [0.1, 0.15) is 17.3 Å². The highest BCUT2D eigenvalue weighted by Crippen LogP contribution is 2.24. The number of hydrogen-bond acceptors (Lipinski definition) is 7. The van der Waals surface area contributed by atoms with Gasteiger partial charge in [-0.1, -0.05) is 35.5 Å². The Kier molecular flexibility index (Phi) is 5.35. The Labute approximate surface area is 149 Å². The number of carbonyl (C=O) groups is 1. The van der Waals surface area contributed by atoms with E-state index >= 15 is 0 Å². The lowest BCUT2D eigenvalue weighted by atomic mass is 10.1. The molecular formula is C18H16N2O4S. The van der Waals surface area contributed by atoms with Crippen molar-refractivity contribution in [2.45, 2.75) is 12.1 Å². The number of benzene rings is 2. The van der Waals surface area contributed by atoms with E-state index in [0.717, 1.165) is 22.9 Å². The zero-order valence-corrected chi connectivity index (χ0v) is 14.6. The van der Waals surface area contributed by atoms with Gasteiger partial charge in [-0.3, -0.25) is 4.79 Å². The highest BCUT2D eigenvalue weighted by atomic mass is 32.2. The van der Waals surface area contributed by atoms with Crippen LogP contribution < -0.4 is 9.47 Å². The summed E-state index contributed by atoms with van der Waals surface area (Å²) in [6, 6.07) is 14.6. The fraction of sp³-hybridized carbons (Fsp3) is 0.167. The van der Waals surface area contributed by atoms with Gasteiger partial charge in [-0.2, -0.15) is 0 Å². The molecule has 0 aliphatic rings. The minimum Gasteiger partial charge on any atom is -0.497 e. The van der Waals surface area contributed by atoms with Gasteiger partial charge in [-0.25, -0.2) is 0 Å². The van der Waals surface area contributed by atoms with E-state index in [4.69, 9.17) is 13.9 Å². The highest BCUT2D eigenvalue weighted by molar-refractivity contribution is 7.99. The summed E-state index contributed by atoms with van der Waals surface area (Å²) in [4.78, 5) is 11.9. The van der Waals surface area contributed by atoms with Gasteiger partial charge in [-0.15, -0.1) is 10.2 Å². The molecule has 0 unspecified atom stereocenters. The monoisotopic (exact) mass is 356 g/mol. The first-order chi connectivity index (χ1) is 12.1. The van der Waals surface area contributed by atoms with Gasteiger partial charge in [0.05, 0.1) is 7.11 Å². The molecule has 0 saturated carbocycles. The summed E-state index contributed by atoms with van der Waals surface area (Å²) in [6.45, 7) is 1.99. The van der Waals surface area contributed by atoms with Crippen LogP contribution in [-0.4, -0.2) is 29.0 Å². The standard InChI is InChI=1S/C18H16N2O4S/c1-12-5-3-6-13(9-12)17-19-20-18(24-17)25-11-16(21)23-15-8-4-7-14(10-15)22-2/h3-10H,11H2,1-2H3. The summed E-state index contributed by atoms with van der Waals surface area (Å²) >= 11 is 1.13.